The van der Waals surface area contributed by atoms with Crippen molar-refractivity contribution < 1.29 is 4.39 Å². The van der Waals surface area contributed by atoms with E-state index in [9.17, 15) is 4.39 Å². The quantitative estimate of drug-likeness (QED) is 0.449. The molecule has 2 aromatic carbocycles. The lowest BCUT2D eigenvalue weighted by atomic mass is 9.86. The Kier molecular flexibility index (Phi) is 5.87. The van der Waals surface area contributed by atoms with E-state index in [1.54, 1.807) is 12.1 Å². The van der Waals surface area contributed by atoms with Gasteiger partial charge in [0.05, 0.1) is 0 Å². The third-order valence-corrected chi connectivity index (χ3v) is 5.06. The normalized spacial score (nSPS) is 12.2. The van der Waals surface area contributed by atoms with Crippen molar-refractivity contribution in [2.24, 2.45) is 0 Å². The molecule has 0 radical (unpaired) electrons. The van der Waals surface area contributed by atoms with Crippen LogP contribution in [0.1, 0.15) is 34.7 Å². The van der Waals surface area contributed by atoms with Gasteiger partial charge in [0.15, 0.2) is 0 Å². The van der Waals surface area contributed by atoms with E-state index in [2.05, 4.69) is 27.0 Å². The summed E-state index contributed by atoms with van der Waals surface area (Å²) in [6.07, 6.45) is 3.48. The molecule has 3 aromatic rings. The number of halogens is 3. The molecule has 0 bridgehead atoms. The van der Waals surface area contributed by atoms with Gasteiger partial charge in [-0.2, -0.15) is 0 Å². The standard InChI is InChI=1S/C21H18BrClFN/c1-14-12-15(10-11-25-14)2-8-19(16-3-5-17(22)6-4-16)20-9-7-18(23)13-21(20)24/h3-7,9-13,19H,2,8H2,1H3. The fourth-order valence-electron chi connectivity index (χ4n) is 3.05. The Balaban J connectivity index is 1.92. The molecule has 0 aliphatic rings. The second-order valence-electron chi connectivity index (χ2n) is 6.11. The van der Waals surface area contributed by atoms with Crippen LogP contribution >= 0.6 is 27.5 Å². The molecular weight excluding hydrogens is 401 g/mol. The van der Waals surface area contributed by atoms with Crippen LogP contribution in [0.25, 0.3) is 0 Å². The van der Waals surface area contributed by atoms with E-state index in [1.165, 1.54) is 11.6 Å². The highest BCUT2D eigenvalue weighted by molar-refractivity contribution is 9.10. The molecule has 0 saturated carbocycles. The zero-order chi connectivity index (χ0) is 17.8. The van der Waals surface area contributed by atoms with Crippen LogP contribution in [0.2, 0.25) is 5.02 Å². The van der Waals surface area contributed by atoms with Gasteiger partial charge in [-0.05, 0) is 72.9 Å². The first kappa shape index (κ1) is 18.1. The fourth-order valence-corrected chi connectivity index (χ4v) is 3.47. The molecule has 0 aliphatic carbocycles. The number of nitrogens with zero attached hydrogens (tertiary/aromatic N) is 1. The lowest BCUT2D eigenvalue weighted by Crippen LogP contribution is -2.06. The van der Waals surface area contributed by atoms with Gasteiger partial charge in [0, 0.05) is 27.3 Å². The van der Waals surface area contributed by atoms with E-state index >= 15 is 0 Å². The topological polar surface area (TPSA) is 12.9 Å². The average Bonchev–Trinajstić information content (AvgIpc) is 2.58. The Morgan fingerprint density at radius 2 is 1.84 bits per heavy atom. The van der Waals surface area contributed by atoms with Gasteiger partial charge >= 0.3 is 0 Å². The molecule has 0 N–H and O–H groups in total. The summed E-state index contributed by atoms with van der Waals surface area (Å²) in [5, 5.41) is 0.417. The summed E-state index contributed by atoms with van der Waals surface area (Å²) in [6, 6.07) is 17.1. The first-order valence-corrected chi connectivity index (χ1v) is 9.32. The number of benzene rings is 2. The summed E-state index contributed by atoms with van der Waals surface area (Å²) in [6.45, 7) is 1.98. The van der Waals surface area contributed by atoms with Crippen molar-refractivity contribution in [1.82, 2.24) is 4.98 Å². The Morgan fingerprint density at radius 1 is 1.08 bits per heavy atom. The van der Waals surface area contributed by atoms with Gasteiger partial charge in [-0.3, -0.25) is 4.98 Å². The predicted molar refractivity (Wildman–Crippen MR) is 105 cm³/mol. The molecule has 0 fully saturated rings. The highest BCUT2D eigenvalue weighted by Gasteiger charge is 2.18. The minimum absolute atomic E-state index is 0.0289. The predicted octanol–water partition coefficient (Wildman–Crippen LogP) is 6.71. The van der Waals surface area contributed by atoms with E-state index in [0.717, 1.165) is 28.6 Å². The highest BCUT2D eigenvalue weighted by Crippen LogP contribution is 2.33. The Bertz CT molecular complexity index is 864. The molecule has 25 heavy (non-hydrogen) atoms. The van der Waals surface area contributed by atoms with Gasteiger partial charge in [-0.15, -0.1) is 0 Å². The molecule has 1 nitrogen and oxygen atoms in total. The smallest absolute Gasteiger partial charge is 0.128 e. The Labute approximate surface area is 161 Å². The summed E-state index contributed by atoms with van der Waals surface area (Å²) in [5.41, 5.74) is 3.98. The molecule has 1 heterocycles. The zero-order valence-corrected chi connectivity index (χ0v) is 16.2. The molecule has 1 unspecified atom stereocenters. The van der Waals surface area contributed by atoms with Gasteiger partial charge in [0.25, 0.3) is 0 Å². The SMILES string of the molecule is Cc1cc(CCC(c2ccc(Br)cc2)c2ccc(Cl)cc2F)ccn1. The fraction of sp³-hybridized carbons (Fsp3) is 0.190. The number of rotatable bonds is 5. The number of pyridine rings is 1. The average molecular weight is 419 g/mol. The molecule has 3 rings (SSSR count). The largest absolute Gasteiger partial charge is 0.262 e. The molecule has 4 heteroatoms. The van der Waals surface area contributed by atoms with E-state index < -0.39 is 0 Å². The lowest BCUT2D eigenvalue weighted by molar-refractivity contribution is 0.585. The molecule has 0 amide bonds. The molecule has 0 saturated heterocycles. The summed E-state index contributed by atoms with van der Waals surface area (Å²) in [7, 11) is 0. The molecule has 1 atom stereocenters. The third kappa shape index (κ3) is 4.68. The van der Waals surface area contributed by atoms with Crippen LogP contribution in [-0.2, 0) is 6.42 Å². The van der Waals surface area contributed by atoms with Crippen LogP contribution < -0.4 is 0 Å². The third-order valence-electron chi connectivity index (χ3n) is 4.29. The van der Waals surface area contributed by atoms with Crippen LogP contribution in [0.15, 0.2) is 65.3 Å². The van der Waals surface area contributed by atoms with Crippen molar-refractivity contribution >= 4 is 27.5 Å². The summed E-state index contributed by atoms with van der Waals surface area (Å²) >= 11 is 9.39. The summed E-state index contributed by atoms with van der Waals surface area (Å²) in [5.74, 6) is -0.287. The van der Waals surface area contributed by atoms with E-state index in [1.807, 2.05) is 43.5 Å². The highest BCUT2D eigenvalue weighted by atomic mass is 79.9. The van der Waals surface area contributed by atoms with Gasteiger partial charge in [0.2, 0.25) is 0 Å². The van der Waals surface area contributed by atoms with E-state index in [0.29, 0.717) is 10.6 Å². The van der Waals surface area contributed by atoms with E-state index in [-0.39, 0.29) is 11.7 Å². The van der Waals surface area contributed by atoms with Crippen molar-refractivity contribution in [3.8, 4) is 0 Å². The van der Waals surface area contributed by atoms with Crippen molar-refractivity contribution in [2.45, 2.75) is 25.7 Å². The van der Waals surface area contributed by atoms with Crippen LogP contribution in [0.4, 0.5) is 4.39 Å². The summed E-state index contributed by atoms with van der Waals surface area (Å²) < 4.78 is 15.6. The minimum Gasteiger partial charge on any atom is -0.262 e. The van der Waals surface area contributed by atoms with Crippen molar-refractivity contribution in [3.05, 3.63) is 98.5 Å². The second-order valence-corrected chi connectivity index (χ2v) is 7.47. The van der Waals surface area contributed by atoms with Crippen LogP contribution in [-0.4, -0.2) is 4.98 Å². The van der Waals surface area contributed by atoms with Crippen LogP contribution in [0.5, 0.6) is 0 Å². The van der Waals surface area contributed by atoms with Crippen molar-refractivity contribution in [2.75, 3.05) is 0 Å². The lowest BCUT2D eigenvalue weighted by Gasteiger charge is -2.19. The van der Waals surface area contributed by atoms with Crippen molar-refractivity contribution in [3.63, 3.8) is 0 Å². The van der Waals surface area contributed by atoms with E-state index in [4.69, 9.17) is 11.6 Å². The van der Waals surface area contributed by atoms with Crippen LogP contribution in [0.3, 0.4) is 0 Å². The number of aromatic nitrogens is 1. The number of aryl methyl sites for hydroxylation is 2. The summed E-state index contributed by atoms with van der Waals surface area (Å²) in [4.78, 5) is 4.24. The van der Waals surface area contributed by atoms with Crippen molar-refractivity contribution in [1.29, 1.82) is 0 Å². The number of hydrogen-bond donors (Lipinski definition) is 0. The minimum atomic E-state index is -0.258. The number of hydrogen-bond acceptors (Lipinski definition) is 1. The van der Waals surface area contributed by atoms with Gasteiger partial charge in [-0.1, -0.05) is 45.7 Å². The first-order chi connectivity index (χ1) is 12.0. The van der Waals surface area contributed by atoms with Gasteiger partial charge in [0.1, 0.15) is 5.82 Å². The van der Waals surface area contributed by atoms with Gasteiger partial charge < -0.3 is 0 Å². The monoisotopic (exact) mass is 417 g/mol. The maximum Gasteiger partial charge on any atom is 0.128 e. The first-order valence-electron chi connectivity index (χ1n) is 8.15. The Hall–Kier alpha value is -1.71. The molecule has 128 valence electrons. The maximum atomic E-state index is 14.6. The molecule has 0 aliphatic heterocycles. The molecular formula is C21H18BrClFN. The second kappa shape index (κ2) is 8.11. The maximum absolute atomic E-state index is 14.6. The molecule has 0 spiro atoms. The Morgan fingerprint density at radius 3 is 2.52 bits per heavy atom. The van der Waals surface area contributed by atoms with Gasteiger partial charge in [-0.25, -0.2) is 4.39 Å². The van der Waals surface area contributed by atoms with Crippen LogP contribution in [0, 0.1) is 12.7 Å². The zero-order valence-electron chi connectivity index (χ0n) is 13.8. The molecule has 1 aromatic heterocycles.